The lowest BCUT2D eigenvalue weighted by atomic mass is 10.0. The van der Waals surface area contributed by atoms with E-state index in [4.69, 9.17) is 4.74 Å². The highest BCUT2D eigenvalue weighted by Crippen LogP contribution is 2.21. The molecule has 0 bridgehead atoms. The van der Waals surface area contributed by atoms with Crippen LogP contribution in [0.2, 0.25) is 0 Å². The Kier molecular flexibility index (Phi) is 3.51. The Morgan fingerprint density at radius 1 is 1.41 bits per heavy atom. The van der Waals surface area contributed by atoms with Gasteiger partial charge in [-0.15, -0.1) is 0 Å². The number of hydrogen-bond donors (Lipinski definition) is 1. The van der Waals surface area contributed by atoms with Crippen molar-refractivity contribution in [2.45, 2.75) is 19.4 Å². The average Bonchev–Trinajstić information content (AvgIpc) is 2.79. The van der Waals surface area contributed by atoms with E-state index >= 15 is 0 Å². The van der Waals surface area contributed by atoms with Crippen LogP contribution in [-0.4, -0.2) is 24.2 Å². The van der Waals surface area contributed by atoms with Crippen molar-refractivity contribution >= 4 is 5.82 Å². The largest absolute Gasteiger partial charge is 0.381 e. The van der Waals surface area contributed by atoms with Gasteiger partial charge >= 0.3 is 0 Å². The summed E-state index contributed by atoms with van der Waals surface area (Å²) in [6.07, 6.45) is 0.861. The first kappa shape index (κ1) is 12.2. The second-order valence-electron chi connectivity index (χ2n) is 4.15. The molecule has 2 atom stereocenters. The maximum atomic E-state index is 13.3. The van der Waals surface area contributed by atoms with Gasteiger partial charge in [0.05, 0.1) is 6.61 Å². The van der Waals surface area contributed by atoms with E-state index in [9.17, 15) is 13.2 Å². The molecule has 2 rings (SSSR count). The molecule has 1 aromatic heterocycles. The molecule has 0 radical (unpaired) electrons. The first-order valence-corrected chi connectivity index (χ1v) is 5.43. The van der Waals surface area contributed by atoms with Crippen LogP contribution in [0.4, 0.5) is 19.0 Å². The van der Waals surface area contributed by atoms with E-state index in [1.165, 1.54) is 0 Å². The first-order chi connectivity index (χ1) is 8.08. The van der Waals surface area contributed by atoms with Gasteiger partial charge in [0.15, 0.2) is 17.5 Å². The van der Waals surface area contributed by atoms with E-state index in [1.54, 1.807) is 0 Å². The highest BCUT2D eigenvalue weighted by molar-refractivity contribution is 5.37. The minimum Gasteiger partial charge on any atom is -0.381 e. The third kappa shape index (κ3) is 2.69. The summed E-state index contributed by atoms with van der Waals surface area (Å²) in [5.74, 6) is -3.52. The fourth-order valence-corrected chi connectivity index (χ4v) is 1.83. The Bertz CT molecular complexity index is 408. The topological polar surface area (TPSA) is 34.2 Å². The van der Waals surface area contributed by atoms with Crippen LogP contribution in [0.25, 0.3) is 0 Å². The van der Waals surface area contributed by atoms with Crippen LogP contribution in [0.5, 0.6) is 0 Å². The van der Waals surface area contributed by atoms with Crippen molar-refractivity contribution in [1.82, 2.24) is 4.98 Å². The summed E-state index contributed by atoms with van der Waals surface area (Å²) in [6.45, 7) is 3.09. The van der Waals surface area contributed by atoms with Crippen molar-refractivity contribution in [2.24, 2.45) is 5.92 Å². The minimum absolute atomic E-state index is 0.107. The van der Waals surface area contributed by atoms with Gasteiger partial charge in [-0.3, -0.25) is 0 Å². The standard InChI is InChI=1S/C11H13F3N2O/c1-6(7-2-3-17-5-7)15-11-9(13)4-8(12)10(14)16-11/h4,6-7H,2-3,5H2,1H3,(H,15,16). The van der Waals surface area contributed by atoms with Crippen LogP contribution in [0.15, 0.2) is 6.07 Å². The lowest BCUT2D eigenvalue weighted by molar-refractivity contribution is 0.183. The Morgan fingerprint density at radius 3 is 2.82 bits per heavy atom. The highest BCUT2D eigenvalue weighted by atomic mass is 19.2. The van der Waals surface area contributed by atoms with Crippen molar-refractivity contribution in [2.75, 3.05) is 18.5 Å². The van der Waals surface area contributed by atoms with Crippen LogP contribution >= 0.6 is 0 Å². The smallest absolute Gasteiger partial charge is 0.251 e. The van der Waals surface area contributed by atoms with Crippen LogP contribution in [0.3, 0.4) is 0 Å². The number of hydrogen-bond acceptors (Lipinski definition) is 3. The van der Waals surface area contributed by atoms with Crippen molar-refractivity contribution in [3.05, 3.63) is 23.6 Å². The molecule has 1 saturated heterocycles. The van der Waals surface area contributed by atoms with Crippen LogP contribution in [0.1, 0.15) is 13.3 Å². The zero-order chi connectivity index (χ0) is 12.4. The molecule has 1 aliphatic rings. The molecule has 0 saturated carbocycles. The second kappa shape index (κ2) is 4.91. The van der Waals surface area contributed by atoms with E-state index < -0.39 is 17.6 Å². The Labute approximate surface area is 97.0 Å². The third-order valence-corrected chi connectivity index (χ3v) is 2.92. The summed E-state index contributed by atoms with van der Waals surface area (Å²) in [4.78, 5) is 3.22. The number of nitrogens with zero attached hydrogens (tertiary/aromatic N) is 1. The van der Waals surface area contributed by atoms with E-state index in [0.29, 0.717) is 19.3 Å². The first-order valence-electron chi connectivity index (χ1n) is 5.43. The van der Waals surface area contributed by atoms with Crippen LogP contribution < -0.4 is 5.32 Å². The van der Waals surface area contributed by atoms with Gasteiger partial charge in [-0.05, 0) is 13.3 Å². The minimum atomic E-state index is -1.30. The molecule has 2 unspecified atom stereocenters. The molecule has 0 amide bonds. The van der Waals surface area contributed by atoms with E-state index in [2.05, 4.69) is 10.3 Å². The molecule has 6 heteroatoms. The highest BCUT2D eigenvalue weighted by Gasteiger charge is 2.23. The maximum absolute atomic E-state index is 13.3. The third-order valence-electron chi connectivity index (χ3n) is 2.92. The predicted molar refractivity (Wildman–Crippen MR) is 56.1 cm³/mol. The molecule has 1 fully saturated rings. The summed E-state index contributed by atoms with van der Waals surface area (Å²) < 4.78 is 44.1. The predicted octanol–water partition coefficient (Wildman–Crippen LogP) is 2.34. The van der Waals surface area contributed by atoms with Crippen LogP contribution in [0, 0.1) is 23.5 Å². The van der Waals surface area contributed by atoms with Gasteiger partial charge in [0.25, 0.3) is 5.95 Å². The van der Waals surface area contributed by atoms with Gasteiger partial charge < -0.3 is 10.1 Å². The fraction of sp³-hybridized carbons (Fsp3) is 0.545. The summed E-state index contributed by atoms with van der Waals surface area (Å²) in [5, 5.41) is 2.75. The van der Waals surface area contributed by atoms with Gasteiger partial charge in [-0.2, -0.15) is 9.37 Å². The maximum Gasteiger partial charge on any atom is 0.251 e. The lowest BCUT2D eigenvalue weighted by Crippen LogP contribution is -2.27. The molecule has 2 heterocycles. The molecule has 0 aromatic carbocycles. The van der Waals surface area contributed by atoms with E-state index in [0.717, 1.165) is 6.42 Å². The summed E-state index contributed by atoms with van der Waals surface area (Å²) in [7, 11) is 0. The fourth-order valence-electron chi connectivity index (χ4n) is 1.83. The molecule has 94 valence electrons. The summed E-state index contributed by atoms with van der Waals surface area (Å²) in [5.41, 5.74) is 0. The van der Waals surface area contributed by atoms with E-state index in [-0.39, 0.29) is 17.8 Å². The molecule has 3 nitrogen and oxygen atoms in total. The molecule has 0 spiro atoms. The Hall–Kier alpha value is -1.30. The lowest BCUT2D eigenvalue weighted by Gasteiger charge is -2.20. The van der Waals surface area contributed by atoms with Gasteiger partial charge in [-0.25, -0.2) is 8.78 Å². The SMILES string of the molecule is CC(Nc1nc(F)c(F)cc1F)C1CCOC1. The Morgan fingerprint density at radius 2 is 2.18 bits per heavy atom. The zero-order valence-electron chi connectivity index (χ0n) is 9.34. The quantitative estimate of drug-likeness (QED) is 0.831. The van der Waals surface area contributed by atoms with Crippen LogP contribution in [-0.2, 0) is 4.74 Å². The van der Waals surface area contributed by atoms with Gasteiger partial charge in [0.2, 0.25) is 0 Å². The number of anilines is 1. The van der Waals surface area contributed by atoms with Gasteiger partial charge in [-0.1, -0.05) is 0 Å². The molecule has 1 N–H and O–H groups in total. The van der Waals surface area contributed by atoms with Gasteiger partial charge in [0, 0.05) is 24.6 Å². The number of aromatic nitrogens is 1. The second-order valence-corrected chi connectivity index (χ2v) is 4.15. The Balaban J connectivity index is 2.09. The monoisotopic (exact) mass is 246 g/mol. The van der Waals surface area contributed by atoms with Crippen molar-refractivity contribution in [3.8, 4) is 0 Å². The molecule has 17 heavy (non-hydrogen) atoms. The molecular weight excluding hydrogens is 233 g/mol. The molecule has 1 aliphatic heterocycles. The van der Waals surface area contributed by atoms with Gasteiger partial charge in [0.1, 0.15) is 0 Å². The summed E-state index contributed by atoms with van der Waals surface area (Å²) in [6, 6.07) is 0.382. The number of pyridine rings is 1. The van der Waals surface area contributed by atoms with Crippen molar-refractivity contribution < 1.29 is 17.9 Å². The molecule has 0 aliphatic carbocycles. The normalized spacial score (nSPS) is 21.5. The number of ether oxygens (including phenoxy) is 1. The number of rotatable bonds is 3. The van der Waals surface area contributed by atoms with Crippen molar-refractivity contribution in [1.29, 1.82) is 0 Å². The van der Waals surface area contributed by atoms with Crippen molar-refractivity contribution in [3.63, 3.8) is 0 Å². The van der Waals surface area contributed by atoms with E-state index in [1.807, 2.05) is 6.92 Å². The molecule has 1 aromatic rings. The zero-order valence-corrected chi connectivity index (χ0v) is 9.34. The number of halogens is 3. The summed E-state index contributed by atoms with van der Waals surface area (Å²) >= 11 is 0. The average molecular weight is 246 g/mol. The number of nitrogens with one attached hydrogen (secondary N) is 1. The molecular formula is C11H13F3N2O.